The zero-order valence-corrected chi connectivity index (χ0v) is 16.8. The van der Waals surface area contributed by atoms with E-state index in [0.717, 1.165) is 43.9 Å². The number of amides is 1. The van der Waals surface area contributed by atoms with Crippen molar-refractivity contribution in [1.82, 2.24) is 15.2 Å². The van der Waals surface area contributed by atoms with Gasteiger partial charge in [-0.1, -0.05) is 36.4 Å². The predicted molar refractivity (Wildman–Crippen MR) is 116 cm³/mol. The Morgan fingerprint density at radius 1 is 1.07 bits per heavy atom. The van der Waals surface area contributed by atoms with Crippen LogP contribution in [-0.2, 0) is 17.8 Å². The Morgan fingerprint density at radius 2 is 1.83 bits per heavy atom. The molecule has 1 aliphatic heterocycles. The van der Waals surface area contributed by atoms with Gasteiger partial charge in [0, 0.05) is 43.3 Å². The quantitative estimate of drug-likeness (QED) is 0.674. The first-order chi connectivity index (χ1) is 13.7. The summed E-state index contributed by atoms with van der Waals surface area (Å²) in [7, 11) is 0. The van der Waals surface area contributed by atoms with Crippen molar-refractivity contribution < 1.29 is 9.53 Å². The summed E-state index contributed by atoms with van der Waals surface area (Å²) in [6.07, 6.45) is 1.48. The fourth-order valence-corrected chi connectivity index (χ4v) is 3.47. The summed E-state index contributed by atoms with van der Waals surface area (Å²) in [5.41, 5.74) is 2.81. The van der Waals surface area contributed by atoms with E-state index in [0.29, 0.717) is 11.9 Å². The van der Waals surface area contributed by atoms with Gasteiger partial charge in [0.05, 0.1) is 13.2 Å². The molecular weight excluding hydrogens is 390 g/mol. The van der Waals surface area contributed by atoms with Gasteiger partial charge in [-0.3, -0.25) is 14.5 Å². The molecular formula is C22H24ClN3O3. The molecule has 1 aromatic heterocycles. The monoisotopic (exact) mass is 413 g/mol. The van der Waals surface area contributed by atoms with E-state index in [1.54, 1.807) is 12.1 Å². The van der Waals surface area contributed by atoms with E-state index in [1.807, 2.05) is 24.3 Å². The van der Waals surface area contributed by atoms with E-state index in [9.17, 15) is 9.59 Å². The summed E-state index contributed by atoms with van der Waals surface area (Å²) < 4.78 is 5.39. The number of ether oxygens (including phenoxy) is 1. The Balaban J connectivity index is 0.00000240. The first-order valence-electron chi connectivity index (χ1n) is 9.47. The average molecular weight is 414 g/mol. The van der Waals surface area contributed by atoms with Crippen LogP contribution in [0.15, 0.2) is 59.5 Å². The van der Waals surface area contributed by atoms with E-state index in [1.165, 1.54) is 11.8 Å². The third-order valence-electron chi connectivity index (χ3n) is 4.99. The van der Waals surface area contributed by atoms with Gasteiger partial charge in [-0.05, 0) is 23.3 Å². The summed E-state index contributed by atoms with van der Waals surface area (Å²) in [5.74, 6) is -0.370. The molecule has 1 amide bonds. The number of H-pyrrole nitrogens is 1. The fourth-order valence-electron chi connectivity index (χ4n) is 3.47. The van der Waals surface area contributed by atoms with Gasteiger partial charge in [0.15, 0.2) is 0 Å². The Kier molecular flexibility index (Phi) is 7.04. The zero-order valence-electron chi connectivity index (χ0n) is 16.0. The van der Waals surface area contributed by atoms with Gasteiger partial charge < -0.3 is 15.0 Å². The largest absolute Gasteiger partial charge is 0.379 e. The Hall–Kier alpha value is -2.67. The summed E-state index contributed by atoms with van der Waals surface area (Å²) in [5, 5.41) is 3.38. The van der Waals surface area contributed by atoms with E-state index in [2.05, 4.69) is 27.3 Å². The standard InChI is InChI=1S/C22H23N3O3.ClH/c26-21-18-6-1-2-7-20(18)23-14-19(21)22(27)24-13-16-4-3-5-17(12-16)15-25-8-10-28-11-9-25;/h1-7,12,14H,8-11,13,15H2,(H,23,26)(H,24,27);1H. The molecule has 6 nitrogen and oxygen atoms in total. The molecule has 3 aromatic rings. The van der Waals surface area contributed by atoms with Crippen LogP contribution in [0.4, 0.5) is 0 Å². The van der Waals surface area contributed by atoms with Gasteiger partial charge in [-0.15, -0.1) is 12.4 Å². The number of nitrogens with one attached hydrogen (secondary N) is 2. The maximum absolute atomic E-state index is 12.6. The summed E-state index contributed by atoms with van der Waals surface area (Å²) >= 11 is 0. The molecule has 152 valence electrons. The number of para-hydroxylation sites is 1. The highest BCUT2D eigenvalue weighted by Crippen LogP contribution is 2.11. The Morgan fingerprint density at radius 3 is 2.66 bits per heavy atom. The van der Waals surface area contributed by atoms with Gasteiger partial charge in [0.25, 0.3) is 5.91 Å². The van der Waals surface area contributed by atoms with Gasteiger partial charge in [0.2, 0.25) is 5.43 Å². The number of hydrogen-bond donors (Lipinski definition) is 2. The van der Waals surface area contributed by atoms with Gasteiger partial charge in [-0.25, -0.2) is 0 Å². The average Bonchev–Trinajstić information content (AvgIpc) is 2.73. The number of carbonyl (C=O) groups excluding carboxylic acids is 1. The number of pyridine rings is 1. The highest BCUT2D eigenvalue weighted by atomic mass is 35.5. The van der Waals surface area contributed by atoms with Crippen LogP contribution < -0.4 is 10.7 Å². The third-order valence-corrected chi connectivity index (χ3v) is 4.99. The second kappa shape index (κ2) is 9.69. The molecule has 1 fully saturated rings. The zero-order chi connectivity index (χ0) is 19.3. The lowest BCUT2D eigenvalue weighted by atomic mass is 10.1. The number of hydrogen-bond acceptors (Lipinski definition) is 4. The van der Waals surface area contributed by atoms with E-state index >= 15 is 0 Å². The molecule has 7 heteroatoms. The van der Waals surface area contributed by atoms with Crippen molar-refractivity contribution in [3.8, 4) is 0 Å². The smallest absolute Gasteiger partial charge is 0.257 e. The fraction of sp³-hybridized carbons (Fsp3) is 0.273. The number of rotatable bonds is 5. The summed E-state index contributed by atoms with van der Waals surface area (Å²) in [6, 6.07) is 15.3. The third kappa shape index (κ3) is 5.03. The van der Waals surface area contributed by atoms with Crippen LogP contribution in [0.1, 0.15) is 21.5 Å². The number of aromatic amines is 1. The number of morpholine rings is 1. The van der Waals surface area contributed by atoms with Crippen LogP contribution in [0.2, 0.25) is 0 Å². The van der Waals surface area contributed by atoms with Crippen molar-refractivity contribution in [3.63, 3.8) is 0 Å². The maximum atomic E-state index is 12.6. The van der Waals surface area contributed by atoms with Crippen LogP contribution in [-0.4, -0.2) is 42.1 Å². The van der Waals surface area contributed by atoms with E-state index in [4.69, 9.17) is 4.74 Å². The molecule has 0 unspecified atom stereocenters. The first-order valence-corrected chi connectivity index (χ1v) is 9.47. The van der Waals surface area contributed by atoms with Crippen molar-refractivity contribution in [2.45, 2.75) is 13.1 Å². The molecule has 2 heterocycles. The Labute approximate surface area is 175 Å². The molecule has 2 aromatic carbocycles. The van der Waals surface area contributed by atoms with Crippen molar-refractivity contribution >= 4 is 29.2 Å². The minimum absolute atomic E-state index is 0. The number of fused-ring (bicyclic) bond motifs is 1. The highest BCUT2D eigenvalue weighted by Gasteiger charge is 2.13. The lowest BCUT2D eigenvalue weighted by molar-refractivity contribution is 0.0342. The highest BCUT2D eigenvalue weighted by molar-refractivity contribution is 5.97. The molecule has 0 saturated carbocycles. The molecule has 0 aliphatic carbocycles. The van der Waals surface area contributed by atoms with E-state index in [-0.39, 0.29) is 29.3 Å². The van der Waals surface area contributed by atoms with Crippen LogP contribution in [0.3, 0.4) is 0 Å². The number of carbonyl (C=O) groups is 1. The number of halogens is 1. The summed E-state index contributed by atoms with van der Waals surface area (Å²) in [4.78, 5) is 30.5. The molecule has 0 spiro atoms. The lowest BCUT2D eigenvalue weighted by Gasteiger charge is -2.26. The molecule has 0 atom stereocenters. The van der Waals surface area contributed by atoms with Gasteiger partial charge in [-0.2, -0.15) is 0 Å². The molecule has 0 radical (unpaired) electrons. The number of nitrogens with zero attached hydrogens (tertiary/aromatic N) is 1. The van der Waals surface area contributed by atoms with Crippen LogP contribution in [0, 0.1) is 0 Å². The predicted octanol–water partition coefficient (Wildman–Crippen LogP) is 2.71. The maximum Gasteiger partial charge on any atom is 0.257 e. The van der Waals surface area contributed by atoms with Crippen molar-refractivity contribution in [3.05, 3.63) is 81.6 Å². The van der Waals surface area contributed by atoms with Crippen LogP contribution >= 0.6 is 12.4 Å². The van der Waals surface area contributed by atoms with Crippen LogP contribution in [0.5, 0.6) is 0 Å². The second-order valence-electron chi connectivity index (χ2n) is 6.97. The number of benzene rings is 2. The minimum atomic E-state index is -0.370. The normalized spacial score (nSPS) is 14.3. The first kappa shape index (κ1) is 21.0. The second-order valence-corrected chi connectivity index (χ2v) is 6.97. The van der Waals surface area contributed by atoms with Crippen LogP contribution in [0.25, 0.3) is 10.9 Å². The minimum Gasteiger partial charge on any atom is -0.379 e. The Bertz CT molecular complexity index is 1040. The lowest BCUT2D eigenvalue weighted by Crippen LogP contribution is -2.35. The van der Waals surface area contributed by atoms with Crippen molar-refractivity contribution in [2.24, 2.45) is 0 Å². The van der Waals surface area contributed by atoms with Crippen molar-refractivity contribution in [1.29, 1.82) is 0 Å². The molecule has 0 bridgehead atoms. The SMILES string of the molecule is Cl.O=C(NCc1cccc(CN2CCOCC2)c1)c1c[nH]c2ccccc2c1=O. The van der Waals surface area contributed by atoms with Crippen molar-refractivity contribution in [2.75, 3.05) is 26.3 Å². The molecule has 2 N–H and O–H groups in total. The summed E-state index contributed by atoms with van der Waals surface area (Å²) in [6.45, 7) is 4.67. The molecule has 1 saturated heterocycles. The molecule has 1 aliphatic rings. The van der Waals surface area contributed by atoms with Gasteiger partial charge in [0.1, 0.15) is 5.56 Å². The van der Waals surface area contributed by atoms with E-state index < -0.39 is 0 Å². The van der Waals surface area contributed by atoms with Gasteiger partial charge >= 0.3 is 0 Å². The number of aromatic nitrogens is 1. The molecule has 29 heavy (non-hydrogen) atoms. The topological polar surface area (TPSA) is 74.4 Å². The molecule has 4 rings (SSSR count).